The smallest absolute Gasteiger partial charge is 0.0476 e. The first-order valence-corrected chi connectivity index (χ1v) is 22.0. The number of fused-ring (bicyclic) bond motifs is 9. The molecule has 3 unspecified atom stereocenters. The van der Waals surface area contributed by atoms with Crippen molar-refractivity contribution in [2.24, 2.45) is 11.8 Å². The Labute approximate surface area is 345 Å². The van der Waals surface area contributed by atoms with E-state index in [0.717, 1.165) is 23.4 Å². The van der Waals surface area contributed by atoms with Crippen molar-refractivity contribution in [1.29, 1.82) is 0 Å². The minimum Gasteiger partial charge on any atom is -0.310 e. The predicted octanol–water partition coefficient (Wildman–Crippen LogP) is 16.2. The lowest BCUT2D eigenvalue weighted by Crippen LogP contribution is -2.17. The minimum atomic E-state index is -0.103. The van der Waals surface area contributed by atoms with Crippen molar-refractivity contribution in [3.63, 3.8) is 0 Å². The molecule has 2 heteroatoms. The van der Waals surface area contributed by atoms with Crippen LogP contribution in [-0.4, -0.2) is 0 Å². The van der Waals surface area contributed by atoms with Crippen molar-refractivity contribution in [2.75, 3.05) is 4.90 Å². The van der Waals surface area contributed by atoms with Gasteiger partial charge in [-0.05, 0) is 140 Å². The van der Waals surface area contributed by atoms with E-state index in [4.69, 9.17) is 0 Å². The zero-order chi connectivity index (χ0) is 38.5. The van der Waals surface area contributed by atoms with Gasteiger partial charge in [0.2, 0.25) is 0 Å². The molecular weight excluding hydrogens is 719 g/mol. The summed E-state index contributed by atoms with van der Waals surface area (Å²) in [5.41, 5.74) is 15.6. The summed E-state index contributed by atoms with van der Waals surface area (Å²) in [7, 11) is 0. The Morgan fingerprint density at radius 3 is 1.98 bits per heavy atom. The molecule has 2 bridgehead atoms. The third kappa shape index (κ3) is 5.28. The van der Waals surface area contributed by atoms with Crippen LogP contribution in [0.2, 0.25) is 0 Å². The summed E-state index contributed by atoms with van der Waals surface area (Å²) in [6.45, 7) is 4.90. The third-order valence-electron chi connectivity index (χ3n) is 14.1. The Bertz CT molecular complexity index is 3070. The van der Waals surface area contributed by atoms with Crippen LogP contribution < -0.4 is 4.90 Å². The van der Waals surface area contributed by atoms with Crippen molar-refractivity contribution in [3.8, 4) is 33.4 Å². The van der Waals surface area contributed by atoms with Gasteiger partial charge in [0.15, 0.2) is 0 Å². The summed E-state index contributed by atoms with van der Waals surface area (Å²) < 4.78 is 2.64. The fraction of sp³-hybridized carbons (Fsp3) is 0.179. The zero-order valence-electron chi connectivity index (χ0n) is 33.1. The van der Waals surface area contributed by atoms with Crippen molar-refractivity contribution >= 4 is 59.3 Å². The van der Waals surface area contributed by atoms with Gasteiger partial charge >= 0.3 is 0 Å². The summed E-state index contributed by atoms with van der Waals surface area (Å²) in [5.74, 6) is 2.55. The van der Waals surface area contributed by atoms with Crippen LogP contribution in [0, 0.1) is 11.8 Å². The Hall–Kier alpha value is -5.96. The maximum Gasteiger partial charge on any atom is 0.0476 e. The normalized spacial score (nSPS) is 18.9. The third-order valence-corrected chi connectivity index (χ3v) is 15.3. The monoisotopic (exact) mass is 763 g/mol. The minimum absolute atomic E-state index is 0.103. The van der Waals surface area contributed by atoms with E-state index in [1.54, 1.807) is 5.56 Å². The largest absolute Gasteiger partial charge is 0.310 e. The second kappa shape index (κ2) is 13.0. The maximum absolute atomic E-state index is 2.60. The highest BCUT2D eigenvalue weighted by molar-refractivity contribution is 7.25. The molecule has 12 rings (SSSR count). The van der Waals surface area contributed by atoms with E-state index in [1.165, 1.54) is 113 Å². The van der Waals surface area contributed by atoms with Gasteiger partial charge in [0, 0.05) is 42.6 Å². The van der Waals surface area contributed by atoms with Crippen molar-refractivity contribution in [2.45, 2.75) is 50.9 Å². The molecule has 0 amide bonds. The van der Waals surface area contributed by atoms with Crippen LogP contribution in [0.4, 0.5) is 17.1 Å². The molecule has 3 aliphatic rings. The molecular formula is C56H45NS. The van der Waals surface area contributed by atoms with Gasteiger partial charge in [-0.15, -0.1) is 11.3 Å². The fourth-order valence-corrected chi connectivity index (χ4v) is 12.5. The van der Waals surface area contributed by atoms with Crippen LogP contribution in [0.5, 0.6) is 0 Å². The summed E-state index contributed by atoms with van der Waals surface area (Å²) in [6, 6.07) is 64.1. The number of nitrogens with zero attached hydrogens (tertiary/aromatic N) is 1. The molecule has 3 atom stereocenters. The summed E-state index contributed by atoms with van der Waals surface area (Å²) in [5, 5.41) is 5.18. The molecule has 1 aromatic heterocycles. The lowest BCUT2D eigenvalue weighted by Gasteiger charge is -2.29. The summed E-state index contributed by atoms with van der Waals surface area (Å²) in [6.07, 6.45) is 5.68. The SMILES string of the molecule is CC1(C)c2cc(C3CC4CCC3C4)ccc2-c2ccc(N(c3cccc(-c4cccc5cccc(-c6ccccc6)c45)c3)c3ccc4c(c3)sc3ccccc34)cc21. The van der Waals surface area contributed by atoms with E-state index in [-0.39, 0.29) is 5.41 Å². The Morgan fingerprint density at radius 2 is 1.17 bits per heavy atom. The molecule has 2 fully saturated rings. The van der Waals surface area contributed by atoms with Gasteiger partial charge in [0.05, 0.1) is 0 Å². The topological polar surface area (TPSA) is 3.24 Å². The first kappa shape index (κ1) is 34.1. The second-order valence-corrected chi connectivity index (χ2v) is 18.8. The average Bonchev–Trinajstić information content (AvgIpc) is 4.05. The Kier molecular flexibility index (Phi) is 7.66. The van der Waals surface area contributed by atoms with E-state index in [2.05, 4.69) is 189 Å². The van der Waals surface area contributed by atoms with E-state index in [0.29, 0.717) is 0 Å². The number of thiophene rings is 1. The molecule has 2 saturated carbocycles. The van der Waals surface area contributed by atoms with E-state index >= 15 is 0 Å². The van der Waals surface area contributed by atoms with Gasteiger partial charge in [0.1, 0.15) is 0 Å². The Balaban J connectivity index is 1.01. The molecule has 8 aromatic carbocycles. The molecule has 58 heavy (non-hydrogen) atoms. The van der Waals surface area contributed by atoms with Crippen LogP contribution >= 0.6 is 11.3 Å². The number of rotatable bonds is 6. The van der Waals surface area contributed by atoms with Crippen LogP contribution in [0.25, 0.3) is 64.3 Å². The van der Waals surface area contributed by atoms with Crippen molar-refractivity contribution in [3.05, 3.63) is 187 Å². The van der Waals surface area contributed by atoms with E-state index in [9.17, 15) is 0 Å². The quantitative estimate of drug-likeness (QED) is 0.163. The van der Waals surface area contributed by atoms with Crippen LogP contribution in [0.1, 0.15) is 62.1 Å². The second-order valence-electron chi connectivity index (χ2n) is 17.7. The summed E-state index contributed by atoms with van der Waals surface area (Å²) in [4.78, 5) is 2.50. The van der Waals surface area contributed by atoms with Gasteiger partial charge in [0.25, 0.3) is 0 Å². The molecule has 0 spiro atoms. The van der Waals surface area contributed by atoms with Crippen LogP contribution in [0.3, 0.4) is 0 Å². The number of hydrogen-bond acceptors (Lipinski definition) is 2. The fourth-order valence-electron chi connectivity index (χ4n) is 11.3. The molecule has 9 aromatic rings. The van der Waals surface area contributed by atoms with E-state index < -0.39 is 0 Å². The predicted molar refractivity (Wildman–Crippen MR) is 248 cm³/mol. The number of hydrogen-bond donors (Lipinski definition) is 0. The standard InChI is InChI=1S/C56H45NS/c1-56(2)51-32-40(50-30-35-21-22-39(50)29-35)23-26-46(51)47-27-24-42(33-52(47)56)57(43-25-28-49-48-17-6-7-20-53(48)58-54(49)34-43)41-16-8-15-38(31-41)45-19-10-14-37-13-9-18-44(55(37)45)36-11-4-3-5-12-36/h3-20,23-28,31-35,39,50H,21-22,29-30H2,1-2H3. The van der Waals surface area contributed by atoms with Crippen LogP contribution in [0.15, 0.2) is 170 Å². The average molecular weight is 764 g/mol. The van der Waals surface area contributed by atoms with Gasteiger partial charge < -0.3 is 4.90 Å². The zero-order valence-corrected chi connectivity index (χ0v) is 33.9. The molecule has 0 aliphatic heterocycles. The lowest BCUT2D eigenvalue weighted by atomic mass is 9.78. The van der Waals surface area contributed by atoms with Crippen LogP contribution in [-0.2, 0) is 5.41 Å². The van der Waals surface area contributed by atoms with Crippen molar-refractivity contribution < 1.29 is 0 Å². The first-order chi connectivity index (χ1) is 28.5. The highest BCUT2D eigenvalue weighted by Crippen LogP contribution is 2.56. The number of anilines is 3. The molecule has 280 valence electrons. The van der Waals surface area contributed by atoms with Crippen molar-refractivity contribution in [1.82, 2.24) is 0 Å². The highest BCUT2D eigenvalue weighted by Gasteiger charge is 2.42. The molecule has 0 N–H and O–H groups in total. The van der Waals surface area contributed by atoms with E-state index in [1.807, 2.05) is 11.3 Å². The molecule has 0 radical (unpaired) electrons. The molecule has 3 aliphatic carbocycles. The first-order valence-electron chi connectivity index (χ1n) is 21.2. The molecule has 1 nitrogen and oxygen atoms in total. The lowest BCUT2D eigenvalue weighted by molar-refractivity contribution is 0.419. The maximum atomic E-state index is 2.60. The summed E-state index contributed by atoms with van der Waals surface area (Å²) >= 11 is 1.89. The van der Waals surface area contributed by atoms with Gasteiger partial charge in [-0.3, -0.25) is 0 Å². The Morgan fingerprint density at radius 1 is 0.500 bits per heavy atom. The van der Waals surface area contributed by atoms with Gasteiger partial charge in [-0.1, -0.05) is 148 Å². The number of benzene rings is 8. The highest BCUT2D eigenvalue weighted by atomic mass is 32.1. The molecule has 0 saturated heterocycles. The van der Waals surface area contributed by atoms with Gasteiger partial charge in [-0.25, -0.2) is 0 Å². The molecule has 1 heterocycles. The van der Waals surface area contributed by atoms with Gasteiger partial charge in [-0.2, -0.15) is 0 Å².